The fraction of sp³-hybridized carbons (Fsp3) is 0.273. The van der Waals surface area contributed by atoms with Gasteiger partial charge in [-0.25, -0.2) is 4.39 Å². The molecule has 0 aliphatic rings. The van der Waals surface area contributed by atoms with Crippen LogP contribution >= 0.6 is 0 Å². The molecule has 0 amide bonds. The Labute approximate surface area is 92.9 Å². The summed E-state index contributed by atoms with van der Waals surface area (Å²) >= 11 is 0. The molecule has 0 aliphatic heterocycles. The fourth-order valence-electron chi connectivity index (χ4n) is 0.888. The summed E-state index contributed by atoms with van der Waals surface area (Å²) in [7, 11) is 0. The van der Waals surface area contributed by atoms with E-state index in [-0.39, 0.29) is 18.2 Å². The number of oxime groups is 1. The van der Waals surface area contributed by atoms with Crippen LogP contribution in [0.4, 0.5) is 4.39 Å². The van der Waals surface area contributed by atoms with Gasteiger partial charge in [0, 0.05) is 0 Å². The van der Waals surface area contributed by atoms with Gasteiger partial charge in [0.15, 0.2) is 0 Å². The van der Waals surface area contributed by atoms with Crippen LogP contribution in [0.5, 0.6) is 0 Å². The third kappa shape index (κ3) is 4.18. The van der Waals surface area contributed by atoms with E-state index in [9.17, 15) is 9.18 Å². The minimum atomic E-state index is -0.662. The molecule has 4 nitrogen and oxygen atoms in total. The predicted molar refractivity (Wildman–Crippen MR) is 58.6 cm³/mol. The van der Waals surface area contributed by atoms with Crippen LogP contribution in [0, 0.1) is 5.82 Å². The molecule has 1 aromatic rings. The summed E-state index contributed by atoms with van der Waals surface area (Å²) in [4.78, 5) is 15.6. The lowest BCUT2D eigenvalue weighted by Gasteiger charge is -2.04. The molecule has 1 atom stereocenters. The molecular formula is C11H13FN2O2. The molecule has 0 aliphatic carbocycles. The lowest BCUT2D eigenvalue weighted by molar-refractivity contribution is -0.119. The number of rotatable bonds is 5. The predicted octanol–water partition coefficient (Wildman–Crippen LogP) is 1.09. The molecule has 1 rings (SSSR count). The van der Waals surface area contributed by atoms with Crippen molar-refractivity contribution in [2.24, 2.45) is 10.9 Å². The Balaban J connectivity index is 2.37. The third-order valence-corrected chi connectivity index (χ3v) is 1.92. The Morgan fingerprint density at radius 3 is 2.75 bits per heavy atom. The Morgan fingerprint density at radius 1 is 1.56 bits per heavy atom. The number of carbonyl (C=O) groups is 1. The first kappa shape index (κ1) is 12.3. The van der Waals surface area contributed by atoms with E-state index in [2.05, 4.69) is 5.16 Å². The van der Waals surface area contributed by atoms with Crippen LogP contribution in [0.25, 0.3) is 0 Å². The minimum absolute atomic E-state index is 0.0348. The van der Waals surface area contributed by atoms with Crippen LogP contribution in [0.15, 0.2) is 29.4 Å². The van der Waals surface area contributed by atoms with Crippen molar-refractivity contribution >= 4 is 12.0 Å². The molecule has 5 heteroatoms. The highest BCUT2D eigenvalue weighted by atomic mass is 19.1. The largest absolute Gasteiger partial charge is 0.394 e. The van der Waals surface area contributed by atoms with Gasteiger partial charge in [-0.05, 0) is 24.6 Å². The Bertz CT molecular complexity index is 376. The van der Waals surface area contributed by atoms with E-state index in [1.54, 1.807) is 12.1 Å². The second-order valence-corrected chi connectivity index (χ2v) is 3.30. The number of nitrogens with two attached hydrogens (primary N) is 1. The van der Waals surface area contributed by atoms with Gasteiger partial charge in [0.25, 0.3) is 0 Å². The van der Waals surface area contributed by atoms with Gasteiger partial charge in [-0.1, -0.05) is 17.3 Å². The van der Waals surface area contributed by atoms with Gasteiger partial charge >= 0.3 is 0 Å². The molecule has 0 aromatic heterocycles. The quantitative estimate of drug-likeness (QED) is 0.601. The van der Waals surface area contributed by atoms with Crippen LogP contribution in [-0.4, -0.2) is 24.6 Å². The van der Waals surface area contributed by atoms with Crippen LogP contribution in [0.3, 0.4) is 0 Å². The molecule has 0 bridgehead atoms. The molecule has 0 spiro atoms. The number of hydrogen-bond acceptors (Lipinski definition) is 4. The first-order chi connectivity index (χ1) is 7.59. The van der Waals surface area contributed by atoms with Crippen molar-refractivity contribution in [3.05, 3.63) is 35.6 Å². The lowest BCUT2D eigenvalue weighted by atomic mass is 10.2. The maximum absolute atomic E-state index is 12.5. The van der Waals surface area contributed by atoms with E-state index < -0.39 is 6.04 Å². The van der Waals surface area contributed by atoms with Gasteiger partial charge in [-0.2, -0.15) is 0 Å². The molecule has 0 radical (unpaired) electrons. The van der Waals surface area contributed by atoms with E-state index in [4.69, 9.17) is 10.6 Å². The summed E-state index contributed by atoms with van der Waals surface area (Å²) in [5, 5.41) is 3.61. The van der Waals surface area contributed by atoms with E-state index in [0.717, 1.165) is 0 Å². The van der Waals surface area contributed by atoms with Crippen molar-refractivity contribution in [2.75, 3.05) is 6.61 Å². The SMILES string of the molecule is CC(=O)C(N)CO/N=C/c1ccc(F)cc1. The second-order valence-electron chi connectivity index (χ2n) is 3.30. The van der Waals surface area contributed by atoms with Crippen molar-refractivity contribution in [3.8, 4) is 0 Å². The standard InChI is InChI=1S/C11H13FN2O2/c1-8(15)11(13)7-16-14-6-9-2-4-10(12)5-3-9/h2-6,11H,7,13H2,1H3/b14-6+. The highest BCUT2D eigenvalue weighted by Gasteiger charge is 2.07. The first-order valence-electron chi connectivity index (χ1n) is 4.76. The van der Waals surface area contributed by atoms with Crippen molar-refractivity contribution < 1.29 is 14.0 Å². The molecule has 16 heavy (non-hydrogen) atoms. The van der Waals surface area contributed by atoms with Gasteiger partial charge in [-0.3, -0.25) is 4.79 Å². The smallest absolute Gasteiger partial charge is 0.150 e. The van der Waals surface area contributed by atoms with Crippen LogP contribution < -0.4 is 5.73 Å². The summed E-state index contributed by atoms with van der Waals surface area (Å²) in [5.41, 5.74) is 6.12. The Kier molecular flexibility index (Phi) is 4.60. The Morgan fingerprint density at radius 2 is 2.19 bits per heavy atom. The summed E-state index contributed by atoms with van der Waals surface area (Å²) in [6, 6.07) is 5.11. The molecule has 0 saturated carbocycles. The number of hydrogen-bond donors (Lipinski definition) is 1. The van der Waals surface area contributed by atoms with Crippen LogP contribution in [0.1, 0.15) is 12.5 Å². The number of Topliss-reactive ketones (excluding diaryl/α,β-unsaturated/α-hetero) is 1. The van der Waals surface area contributed by atoms with E-state index in [1.807, 2.05) is 0 Å². The minimum Gasteiger partial charge on any atom is -0.394 e. The second kappa shape index (κ2) is 5.97. The molecule has 86 valence electrons. The highest BCUT2D eigenvalue weighted by molar-refractivity contribution is 5.81. The lowest BCUT2D eigenvalue weighted by Crippen LogP contribution is -2.32. The normalized spacial score (nSPS) is 12.7. The summed E-state index contributed by atoms with van der Waals surface area (Å²) in [6.45, 7) is 1.42. The van der Waals surface area contributed by atoms with Crippen molar-refractivity contribution in [1.82, 2.24) is 0 Å². The molecule has 0 heterocycles. The molecule has 0 fully saturated rings. The molecule has 1 aromatic carbocycles. The van der Waals surface area contributed by atoms with Crippen LogP contribution in [0.2, 0.25) is 0 Å². The van der Waals surface area contributed by atoms with Crippen LogP contribution in [-0.2, 0) is 9.63 Å². The van der Waals surface area contributed by atoms with Crippen molar-refractivity contribution in [2.45, 2.75) is 13.0 Å². The zero-order valence-corrected chi connectivity index (χ0v) is 8.89. The van der Waals surface area contributed by atoms with E-state index in [1.165, 1.54) is 25.3 Å². The van der Waals surface area contributed by atoms with Crippen molar-refractivity contribution in [3.63, 3.8) is 0 Å². The summed E-state index contributed by atoms with van der Waals surface area (Å²) in [5.74, 6) is -0.464. The molecule has 2 N–H and O–H groups in total. The van der Waals surface area contributed by atoms with Crippen molar-refractivity contribution in [1.29, 1.82) is 0 Å². The van der Waals surface area contributed by atoms with E-state index in [0.29, 0.717) is 5.56 Å². The monoisotopic (exact) mass is 224 g/mol. The number of nitrogens with zero attached hydrogens (tertiary/aromatic N) is 1. The molecule has 1 unspecified atom stereocenters. The first-order valence-corrected chi connectivity index (χ1v) is 4.76. The summed E-state index contributed by atoms with van der Waals surface area (Å²) < 4.78 is 12.5. The zero-order chi connectivity index (χ0) is 12.0. The summed E-state index contributed by atoms with van der Waals surface area (Å²) in [6.07, 6.45) is 1.42. The Hall–Kier alpha value is -1.75. The highest BCUT2D eigenvalue weighted by Crippen LogP contribution is 1.99. The number of ketones is 1. The number of benzene rings is 1. The van der Waals surface area contributed by atoms with E-state index >= 15 is 0 Å². The van der Waals surface area contributed by atoms with Gasteiger partial charge in [-0.15, -0.1) is 0 Å². The van der Waals surface area contributed by atoms with Gasteiger partial charge in [0.2, 0.25) is 0 Å². The van der Waals surface area contributed by atoms with Gasteiger partial charge in [0.1, 0.15) is 24.2 Å². The number of carbonyl (C=O) groups excluding carboxylic acids is 1. The average Bonchev–Trinajstić information content (AvgIpc) is 2.26. The molecular weight excluding hydrogens is 211 g/mol. The topological polar surface area (TPSA) is 64.7 Å². The maximum atomic E-state index is 12.5. The molecule has 0 saturated heterocycles. The maximum Gasteiger partial charge on any atom is 0.150 e. The zero-order valence-electron chi connectivity index (χ0n) is 8.89. The third-order valence-electron chi connectivity index (χ3n) is 1.92. The van der Waals surface area contributed by atoms with Gasteiger partial charge in [0.05, 0.1) is 6.21 Å². The fourth-order valence-corrected chi connectivity index (χ4v) is 0.888. The average molecular weight is 224 g/mol. The van der Waals surface area contributed by atoms with Gasteiger partial charge < -0.3 is 10.6 Å². The number of halogens is 1.